The Bertz CT molecular complexity index is 444. The molecule has 0 aliphatic carbocycles. The SMILES string of the molecule is c1nc(CCn2cncc2C2CNC2)cs1. The van der Waals surface area contributed by atoms with E-state index in [9.17, 15) is 0 Å². The Kier molecular flexibility index (Phi) is 2.71. The van der Waals surface area contributed by atoms with Gasteiger partial charge in [0.1, 0.15) is 0 Å². The van der Waals surface area contributed by atoms with Crippen molar-refractivity contribution in [1.29, 1.82) is 0 Å². The molecule has 0 unspecified atom stereocenters. The zero-order chi connectivity index (χ0) is 10.8. The summed E-state index contributed by atoms with van der Waals surface area (Å²) >= 11 is 1.66. The third-order valence-electron chi connectivity index (χ3n) is 3.04. The van der Waals surface area contributed by atoms with Crippen LogP contribution in [0.4, 0.5) is 0 Å². The molecule has 1 aliphatic heterocycles. The molecule has 1 saturated heterocycles. The lowest BCUT2D eigenvalue weighted by atomic mass is 10.00. The van der Waals surface area contributed by atoms with Crippen LogP contribution in [0.2, 0.25) is 0 Å². The summed E-state index contributed by atoms with van der Waals surface area (Å²) in [5.74, 6) is 0.651. The van der Waals surface area contributed by atoms with Gasteiger partial charge in [-0.25, -0.2) is 9.97 Å². The van der Waals surface area contributed by atoms with E-state index in [0.717, 1.165) is 26.1 Å². The molecular formula is C11H14N4S. The van der Waals surface area contributed by atoms with E-state index in [-0.39, 0.29) is 0 Å². The molecule has 0 aromatic carbocycles. The van der Waals surface area contributed by atoms with Crippen LogP contribution >= 0.6 is 11.3 Å². The number of hydrogen-bond acceptors (Lipinski definition) is 4. The first-order valence-electron chi connectivity index (χ1n) is 5.51. The van der Waals surface area contributed by atoms with Gasteiger partial charge in [-0.1, -0.05) is 0 Å². The van der Waals surface area contributed by atoms with Gasteiger partial charge < -0.3 is 9.88 Å². The van der Waals surface area contributed by atoms with Crippen LogP contribution < -0.4 is 5.32 Å². The molecule has 16 heavy (non-hydrogen) atoms. The molecule has 1 N–H and O–H groups in total. The Morgan fingerprint density at radius 1 is 1.50 bits per heavy atom. The third-order valence-corrected chi connectivity index (χ3v) is 3.67. The summed E-state index contributed by atoms with van der Waals surface area (Å²) in [5.41, 5.74) is 4.42. The molecule has 0 spiro atoms. The van der Waals surface area contributed by atoms with Gasteiger partial charge in [-0.15, -0.1) is 11.3 Å². The standard InChI is InChI=1S/C11H14N4S/c1(10-6-16-8-14-10)2-15-7-13-5-11(15)9-3-12-4-9/h5-9,12H,1-4H2. The van der Waals surface area contributed by atoms with Crippen molar-refractivity contribution in [3.05, 3.63) is 34.8 Å². The number of aromatic nitrogens is 3. The highest BCUT2D eigenvalue weighted by molar-refractivity contribution is 7.07. The van der Waals surface area contributed by atoms with Gasteiger partial charge in [-0.3, -0.25) is 0 Å². The van der Waals surface area contributed by atoms with E-state index in [1.807, 2.05) is 18.0 Å². The fourth-order valence-electron chi connectivity index (χ4n) is 1.95. The van der Waals surface area contributed by atoms with Crippen molar-refractivity contribution in [3.8, 4) is 0 Å². The predicted molar refractivity (Wildman–Crippen MR) is 63.7 cm³/mol. The van der Waals surface area contributed by atoms with Gasteiger partial charge >= 0.3 is 0 Å². The molecule has 3 heterocycles. The van der Waals surface area contributed by atoms with Gasteiger partial charge in [0, 0.05) is 49.2 Å². The molecule has 84 valence electrons. The van der Waals surface area contributed by atoms with E-state index in [1.165, 1.54) is 11.4 Å². The maximum Gasteiger partial charge on any atom is 0.0948 e. The van der Waals surface area contributed by atoms with Gasteiger partial charge in [0.15, 0.2) is 0 Å². The van der Waals surface area contributed by atoms with Gasteiger partial charge in [0.25, 0.3) is 0 Å². The van der Waals surface area contributed by atoms with Gasteiger partial charge in [0.2, 0.25) is 0 Å². The summed E-state index contributed by atoms with van der Waals surface area (Å²) in [6.07, 6.45) is 4.92. The quantitative estimate of drug-likeness (QED) is 0.866. The number of imidazole rings is 1. The lowest BCUT2D eigenvalue weighted by Gasteiger charge is -2.27. The fraction of sp³-hybridized carbons (Fsp3) is 0.455. The van der Waals surface area contributed by atoms with Crippen LogP contribution in [0.3, 0.4) is 0 Å². The second kappa shape index (κ2) is 4.35. The average molecular weight is 234 g/mol. The topological polar surface area (TPSA) is 42.7 Å². The molecule has 1 aliphatic rings. The van der Waals surface area contributed by atoms with Crippen LogP contribution in [-0.2, 0) is 13.0 Å². The molecule has 0 atom stereocenters. The van der Waals surface area contributed by atoms with Crippen LogP contribution in [0.25, 0.3) is 0 Å². The van der Waals surface area contributed by atoms with Gasteiger partial charge in [0.05, 0.1) is 17.5 Å². The Morgan fingerprint density at radius 3 is 3.12 bits per heavy atom. The molecule has 1 fully saturated rings. The fourth-order valence-corrected chi connectivity index (χ4v) is 2.54. The highest BCUT2D eigenvalue weighted by Crippen LogP contribution is 2.19. The molecule has 2 aromatic heterocycles. The third kappa shape index (κ3) is 1.88. The number of thiazole rings is 1. The zero-order valence-electron chi connectivity index (χ0n) is 8.97. The Balaban J connectivity index is 1.67. The minimum absolute atomic E-state index is 0.651. The van der Waals surface area contributed by atoms with Crippen molar-refractivity contribution in [2.24, 2.45) is 0 Å². The van der Waals surface area contributed by atoms with Crippen LogP contribution in [0.5, 0.6) is 0 Å². The van der Waals surface area contributed by atoms with Crippen molar-refractivity contribution in [2.75, 3.05) is 13.1 Å². The molecule has 3 rings (SSSR count). The highest BCUT2D eigenvalue weighted by atomic mass is 32.1. The van der Waals surface area contributed by atoms with E-state index in [1.54, 1.807) is 11.3 Å². The Morgan fingerprint density at radius 2 is 2.44 bits per heavy atom. The van der Waals surface area contributed by atoms with E-state index in [0.29, 0.717) is 5.92 Å². The van der Waals surface area contributed by atoms with Crippen molar-refractivity contribution in [2.45, 2.75) is 18.9 Å². The van der Waals surface area contributed by atoms with E-state index in [4.69, 9.17) is 0 Å². The monoisotopic (exact) mass is 234 g/mol. The van der Waals surface area contributed by atoms with Crippen LogP contribution in [0.1, 0.15) is 17.3 Å². The second-order valence-corrected chi connectivity index (χ2v) is 4.82. The first-order valence-corrected chi connectivity index (χ1v) is 6.45. The first kappa shape index (κ1) is 9.99. The molecule has 0 amide bonds. The van der Waals surface area contributed by atoms with Gasteiger partial charge in [-0.2, -0.15) is 0 Å². The van der Waals surface area contributed by atoms with Gasteiger partial charge in [-0.05, 0) is 0 Å². The summed E-state index contributed by atoms with van der Waals surface area (Å²) < 4.78 is 2.25. The van der Waals surface area contributed by atoms with Crippen molar-refractivity contribution in [3.63, 3.8) is 0 Å². The summed E-state index contributed by atoms with van der Waals surface area (Å²) in [5, 5.41) is 5.41. The first-order chi connectivity index (χ1) is 7.93. The average Bonchev–Trinajstić information content (AvgIpc) is 2.82. The maximum absolute atomic E-state index is 4.30. The second-order valence-electron chi connectivity index (χ2n) is 4.10. The summed E-state index contributed by atoms with van der Waals surface area (Å²) in [6.45, 7) is 3.15. The molecule has 0 saturated carbocycles. The molecule has 2 aromatic rings. The lowest BCUT2D eigenvalue weighted by Crippen LogP contribution is -2.40. The Hall–Kier alpha value is -1.20. The van der Waals surface area contributed by atoms with Crippen molar-refractivity contribution >= 4 is 11.3 Å². The van der Waals surface area contributed by atoms with E-state index in [2.05, 4.69) is 25.2 Å². The molecule has 5 heteroatoms. The number of nitrogens with zero attached hydrogens (tertiary/aromatic N) is 3. The van der Waals surface area contributed by atoms with Crippen LogP contribution in [-0.4, -0.2) is 27.6 Å². The molecule has 0 bridgehead atoms. The molecule has 0 radical (unpaired) electrons. The summed E-state index contributed by atoms with van der Waals surface area (Å²) in [6, 6.07) is 0. The Labute approximate surface area is 98.4 Å². The minimum atomic E-state index is 0.651. The molecule has 4 nitrogen and oxygen atoms in total. The van der Waals surface area contributed by atoms with Crippen LogP contribution in [0, 0.1) is 0 Å². The maximum atomic E-state index is 4.30. The number of rotatable bonds is 4. The van der Waals surface area contributed by atoms with Crippen molar-refractivity contribution in [1.82, 2.24) is 19.9 Å². The minimum Gasteiger partial charge on any atom is -0.334 e. The number of hydrogen-bond donors (Lipinski definition) is 1. The number of nitrogens with one attached hydrogen (secondary N) is 1. The zero-order valence-corrected chi connectivity index (χ0v) is 9.78. The highest BCUT2D eigenvalue weighted by Gasteiger charge is 2.22. The van der Waals surface area contributed by atoms with Crippen molar-refractivity contribution < 1.29 is 0 Å². The molecular weight excluding hydrogens is 220 g/mol. The summed E-state index contributed by atoms with van der Waals surface area (Å²) in [4.78, 5) is 8.54. The normalized spacial score (nSPS) is 16.2. The number of aryl methyl sites for hydroxylation is 2. The predicted octanol–water partition coefficient (Wildman–Crippen LogP) is 1.27. The van der Waals surface area contributed by atoms with Crippen LogP contribution in [0.15, 0.2) is 23.4 Å². The smallest absolute Gasteiger partial charge is 0.0948 e. The largest absolute Gasteiger partial charge is 0.334 e. The van der Waals surface area contributed by atoms with E-state index < -0.39 is 0 Å². The van der Waals surface area contributed by atoms with E-state index >= 15 is 0 Å². The summed E-state index contributed by atoms with van der Waals surface area (Å²) in [7, 11) is 0. The lowest BCUT2D eigenvalue weighted by molar-refractivity contribution is 0.423.